The van der Waals surface area contributed by atoms with E-state index in [1.165, 1.54) is 25.7 Å². The number of allylic oxidation sites excluding steroid dienone is 2. The minimum atomic E-state index is 1.06. The molecule has 0 spiro atoms. The lowest BCUT2D eigenvalue weighted by atomic mass is 9.89. The Bertz CT molecular complexity index is 179. The van der Waals surface area contributed by atoms with Crippen LogP contribution in [0.25, 0.3) is 0 Å². The summed E-state index contributed by atoms with van der Waals surface area (Å²) in [6.45, 7) is 2.13. The molecule has 1 aliphatic heterocycles. The number of nitrogens with one attached hydrogen (secondary N) is 1. The lowest BCUT2D eigenvalue weighted by Gasteiger charge is -2.16. The van der Waals surface area contributed by atoms with E-state index in [0.29, 0.717) is 0 Å². The van der Waals surface area contributed by atoms with Crippen LogP contribution in [0.2, 0.25) is 0 Å². The van der Waals surface area contributed by atoms with Crippen LogP contribution in [0, 0.1) is 0 Å². The summed E-state index contributed by atoms with van der Waals surface area (Å²) in [6.07, 6.45) is 10.1. The smallest absolute Gasteiger partial charge is 0.0143 e. The normalized spacial score (nSPS) is 24.7. The van der Waals surface area contributed by atoms with E-state index in [1.54, 1.807) is 11.1 Å². The molecule has 11 heavy (non-hydrogen) atoms. The van der Waals surface area contributed by atoms with Gasteiger partial charge in [-0.2, -0.15) is 0 Å². The number of hydrogen-bond acceptors (Lipinski definition) is 1. The Kier molecular flexibility index (Phi) is 2.08. The van der Waals surface area contributed by atoms with Crippen molar-refractivity contribution in [2.45, 2.75) is 25.7 Å². The van der Waals surface area contributed by atoms with Gasteiger partial charge in [0.05, 0.1) is 0 Å². The number of fused-ring (bicyclic) bond motifs is 1. The maximum atomic E-state index is 3.35. The molecule has 2 rings (SSSR count). The van der Waals surface area contributed by atoms with Crippen LogP contribution in [0.4, 0.5) is 0 Å². The molecule has 1 saturated carbocycles. The summed E-state index contributed by atoms with van der Waals surface area (Å²) in [4.78, 5) is 0. The van der Waals surface area contributed by atoms with Crippen molar-refractivity contribution in [1.29, 1.82) is 0 Å². The van der Waals surface area contributed by atoms with Gasteiger partial charge < -0.3 is 5.32 Å². The molecule has 0 saturated heterocycles. The molecule has 1 heterocycles. The van der Waals surface area contributed by atoms with Gasteiger partial charge in [-0.25, -0.2) is 0 Å². The molecule has 1 aliphatic carbocycles. The van der Waals surface area contributed by atoms with Gasteiger partial charge in [0.15, 0.2) is 0 Å². The summed E-state index contributed by atoms with van der Waals surface area (Å²) in [5.41, 5.74) is 3.22. The van der Waals surface area contributed by atoms with Crippen molar-refractivity contribution in [3.63, 3.8) is 0 Å². The Balaban J connectivity index is 2.19. The quantitative estimate of drug-likeness (QED) is 0.555. The minimum Gasteiger partial charge on any atom is -0.310 e. The van der Waals surface area contributed by atoms with E-state index in [1.807, 2.05) is 0 Å². The standard InChI is InChI=1S/C10H15N/c1-2-4-10-6-8-11-7-5-9(10)3-1/h5-6,11H,1-4,7-8H2. The van der Waals surface area contributed by atoms with E-state index in [0.717, 1.165) is 13.1 Å². The van der Waals surface area contributed by atoms with E-state index in [2.05, 4.69) is 17.5 Å². The Labute approximate surface area is 68.2 Å². The summed E-state index contributed by atoms with van der Waals surface area (Å²) >= 11 is 0. The van der Waals surface area contributed by atoms with Crippen molar-refractivity contribution in [1.82, 2.24) is 5.32 Å². The van der Waals surface area contributed by atoms with Crippen LogP contribution in [0.15, 0.2) is 23.3 Å². The summed E-state index contributed by atoms with van der Waals surface area (Å²) < 4.78 is 0. The summed E-state index contributed by atoms with van der Waals surface area (Å²) in [5, 5.41) is 3.35. The maximum absolute atomic E-state index is 3.35. The summed E-state index contributed by atoms with van der Waals surface area (Å²) in [5.74, 6) is 0. The van der Waals surface area contributed by atoms with Crippen LogP contribution in [0.1, 0.15) is 25.7 Å². The van der Waals surface area contributed by atoms with Gasteiger partial charge >= 0.3 is 0 Å². The molecule has 0 atom stereocenters. The lowest BCUT2D eigenvalue weighted by molar-refractivity contribution is 0.678. The largest absolute Gasteiger partial charge is 0.310 e. The molecule has 1 N–H and O–H groups in total. The Morgan fingerprint density at radius 3 is 2.00 bits per heavy atom. The van der Waals surface area contributed by atoms with Gasteiger partial charge in [-0.05, 0) is 36.8 Å². The topological polar surface area (TPSA) is 12.0 Å². The fraction of sp³-hybridized carbons (Fsp3) is 0.600. The second kappa shape index (κ2) is 3.22. The van der Waals surface area contributed by atoms with Gasteiger partial charge in [0.25, 0.3) is 0 Å². The highest BCUT2D eigenvalue weighted by molar-refractivity contribution is 5.34. The molecule has 0 unspecified atom stereocenters. The van der Waals surface area contributed by atoms with Gasteiger partial charge in [-0.1, -0.05) is 12.2 Å². The van der Waals surface area contributed by atoms with Crippen LogP contribution in [0.3, 0.4) is 0 Å². The van der Waals surface area contributed by atoms with Crippen molar-refractivity contribution in [3.8, 4) is 0 Å². The Morgan fingerprint density at radius 2 is 1.45 bits per heavy atom. The van der Waals surface area contributed by atoms with Gasteiger partial charge in [0.1, 0.15) is 0 Å². The van der Waals surface area contributed by atoms with Crippen LogP contribution in [-0.4, -0.2) is 13.1 Å². The minimum absolute atomic E-state index is 1.06. The van der Waals surface area contributed by atoms with Crippen molar-refractivity contribution in [2.75, 3.05) is 13.1 Å². The molecule has 0 aromatic rings. The SMILES string of the molecule is C1=C2CCCCC2=CCNC1. The average molecular weight is 149 g/mol. The average Bonchev–Trinajstić information content (AvgIpc) is 2.28. The molecular weight excluding hydrogens is 134 g/mol. The van der Waals surface area contributed by atoms with E-state index < -0.39 is 0 Å². The van der Waals surface area contributed by atoms with E-state index in [-0.39, 0.29) is 0 Å². The second-order valence-corrected chi connectivity index (χ2v) is 3.32. The molecular formula is C10H15N. The molecule has 1 nitrogen and oxygen atoms in total. The zero-order valence-corrected chi connectivity index (χ0v) is 6.90. The first kappa shape index (κ1) is 7.11. The van der Waals surface area contributed by atoms with Crippen LogP contribution >= 0.6 is 0 Å². The van der Waals surface area contributed by atoms with Crippen molar-refractivity contribution in [2.24, 2.45) is 0 Å². The van der Waals surface area contributed by atoms with E-state index in [4.69, 9.17) is 0 Å². The van der Waals surface area contributed by atoms with E-state index >= 15 is 0 Å². The summed E-state index contributed by atoms with van der Waals surface area (Å²) in [7, 11) is 0. The lowest BCUT2D eigenvalue weighted by Crippen LogP contribution is -2.11. The molecule has 0 aromatic heterocycles. The predicted octanol–water partition coefficient (Wildman–Crippen LogP) is 2.02. The third-order valence-electron chi connectivity index (χ3n) is 2.54. The van der Waals surface area contributed by atoms with Crippen LogP contribution in [-0.2, 0) is 0 Å². The molecule has 1 fully saturated rings. The Morgan fingerprint density at radius 1 is 0.909 bits per heavy atom. The highest BCUT2D eigenvalue weighted by Crippen LogP contribution is 2.28. The van der Waals surface area contributed by atoms with Crippen molar-refractivity contribution in [3.05, 3.63) is 23.3 Å². The van der Waals surface area contributed by atoms with Crippen molar-refractivity contribution >= 4 is 0 Å². The molecule has 2 aliphatic rings. The van der Waals surface area contributed by atoms with Crippen molar-refractivity contribution < 1.29 is 0 Å². The molecule has 0 amide bonds. The predicted molar refractivity (Wildman–Crippen MR) is 47.5 cm³/mol. The molecule has 1 heteroatoms. The fourth-order valence-corrected chi connectivity index (χ4v) is 1.89. The molecule has 0 aromatic carbocycles. The molecule has 0 bridgehead atoms. The maximum Gasteiger partial charge on any atom is 0.0143 e. The zero-order chi connectivity index (χ0) is 7.52. The monoisotopic (exact) mass is 149 g/mol. The molecule has 0 radical (unpaired) electrons. The van der Waals surface area contributed by atoms with Crippen LogP contribution in [0.5, 0.6) is 0 Å². The van der Waals surface area contributed by atoms with Gasteiger partial charge in [0.2, 0.25) is 0 Å². The second-order valence-electron chi connectivity index (χ2n) is 3.32. The fourth-order valence-electron chi connectivity index (χ4n) is 1.89. The summed E-state index contributed by atoms with van der Waals surface area (Å²) in [6, 6.07) is 0. The van der Waals surface area contributed by atoms with Gasteiger partial charge in [-0.15, -0.1) is 0 Å². The first-order chi connectivity index (χ1) is 5.47. The first-order valence-corrected chi connectivity index (χ1v) is 4.56. The third-order valence-corrected chi connectivity index (χ3v) is 2.54. The van der Waals surface area contributed by atoms with Crippen LogP contribution < -0.4 is 5.32 Å². The first-order valence-electron chi connectivity index (χ1n) is 4.56. The van der Waals surface area contributed by atoms with Gasteiger partial charge in [-0.3, -0.25) is 0 Å². The molecule has 60 valence electrons. The highest BCUT2D eigenvalue weighted by Gasteiger charge is 2.11. The highest BCUT2D eigenvalue weighted by atomic mass is 14.8. The van der Waals surface area contributed by atoms with Gasteiger partial charge in [0, 0.05) is 13.1 Å². The number of rotatable bonds is 0. The zero-order valence-electron chi connectivity index (χ0n) is 6.90. The Hall–Kier alpha value is -0.560. The number of hydrogen-bond donors (Lipinski definition) is 1. The third kappa shape index (κ3) is 1.54. The van der Waals surface area contributed by atoms with E-state index in [9.17, 15) is 0 Å².